The summed E-state index contributed by atoms with van der Waals surface area (Å²) in [6.45, 7) is 0.303. The molecule has 0 saturated heterocycles. The zero-order chi connectivity index (χ0) is 19.7. The van der Waals surface area contributed by atoms with Crippen LogP contribution in [0.4, 0.5) is 18.9 Å². The van der Waals surface area contributed by atoms with Gasteiger partial charge in [-0.1, -0.05) is 6.07 Å². The topological polar surface area (TPSA) is 54.1 Å². The van der Waals surface area contributed by atoms with Crippen molar-refractivity contribution in [3.8, 4) is 5.75 Å². The van der Waals surface area contributed by atoms with Crippen molar-refractivity contribution in [1.29, 1.82) is 0 Å². The van der Waals surface area contributed by atoms with E-state index in [1.54, 1.807) is 6.07 Å². The summed E-state index contributed by atoms with van der Waals surface area (Å²) in [6, 6.07) is 10.8. The molecular formula is C21H17F3N2O2. The van der Waals surface area contributed by atoms with Gasteiger partial charge in [-0.3, -0.25) is 4.79 Å². The fourth-order valence-electron chi connectivity index (χ4n) is 3.28. The largest absolute Gasteiger partial charge is 0.493 e. The number of aromatic amines is 1. The first-order chi connectivity index (χ1) is 13.4. The number of hydrogen-bond acceptors (Lipinski definition) is 2. The average Bonchev–Trinajstić information content (AvgIpc) is 3.02. The molecule has 0 bridgehead atoms. The number of aromatic nitrogens is 1. The Balaban J connectivity index is 1.60. The molecule has 2 aromatic carbocycles. The zero-order valence-electron chi connectivity index (χ0n) is 14.8. The van der Waals surface area contributed by atoms with Crippen LogP contribution in [-0.4, -0.2) is 17.5 Å². The van der Waals surface area contributed by atoms with Gasteiger partial charge in [-0.2, -0.15) is 13.2 Å². The van der Waals surface area contributed by atoms with Crippen LogP contribution >= 0.6 is 0 Å². The van der Waals surface area contributed by atoms with Crippen LogP contribution in [-0.2, 0) is 11.0 Å². The maximum atomic E-state index is 13.0. The summed E-state index contributed by atoms with van der Waals surface area (Å²) >= 11 is 0. The molecule has 0 aliphatic carbocycles. The van der Waals surface area contributed by atoms with Crippen molar-refractivity contribution in [3.63, 3.8) is 0 Å². The molecule has 4 rings (SSSR count). The Bertz CT molecular complexity index is 1070. The van der Waals surface area contributed by atoms with E-state index in [1.807, 2.05) is 24.4 Å². The molecule has 3 aromatic rings. The van der Waals surface area contributed by atoms with Crippen molar-refractivity contribution in [2.45, 2.75) is 19.0 Å². The zero-order valence-corrected chi connectivity index (χ0v) is 14.8. The lowest BCUT2D eigenvalue weighted by Crippen LogP contribution is -2.09. The molecule has 144 valence electrons. The van der Waals surface area contributed by atoms with Gasteiger partial charge in [0.15, 0.2) is 0 Å². The number of alkyl halides is 3. The van der Waals surface area contributed by atoms with E-state index in [0.29, 0.717) is 36.3 Å². The van der Waals surface area contributed by atoms with Crippen LogP contribution in [0.15, 0.2) is 54.7 Å². The van der Waals surface area contributed by atoms with Gasteiger partial charge in [0.2, 0.25) is 5.91 Å². The Labute approximate surface area is 159 Å². The lowest BCUT2D eigenvalue weighted by atomic mass is 9.99. The molecule has 0 spiro atoms. The van der Waals surface area contributed by atoms with E-state index < -0.39 is 11.7 Å². The van der Waals surface area contributed by atoms with Crippen molar-refractivity contribution in [2.24, 2.45) is 0 Å². The number of carbonyl (C=O) groups excluding carboxylic acids is 1. The lowest BCUT2D eigenvalue weighted by molar-refractivity contribution is -0.137. The number of anilines is 1. The van der Waals surface area contributed by atoms with Crippen molar-refractivity contribution in [3.05, 3.63) is 65.9 Å². The van der Waals surface area contributed by atoms with E-state index in [4.69, 9.17) is 4.74 Å². The smallest absolute Gasteiger partial charge is 0.416 e. The minimum absolute atomic E-state index is 0.153. The Kier molecular flexibility index (Phi) is 4.58. The number of fused-ring (bicyclic) bond motifs is 2. The number of ether oxygens (including phenoxy) is 1. The molecule has 28 heavy (non-hydrogen) atoms. The van der Waals surface area contributed by atoms with Gasteiger partial charge in [0.1, 0.15) is 5.75 Å². The molecule has 0 radical (unpaired) electrons. The van der Waals surface area contributed by atoms with Crippen LogP contribution in [0.5, 0.6) is 5.75 Å². The van der Waals surface area contributed by atoms with Crippen LogP contribution in [0.3, 0.4) is 0 Å². The van der Waals surface area contributed by atoms with E-state index in [0.717, 1.165) is 23.0 Å². The maximum absolute atomic E-state index is 13.0. The SMILES string of the molecule is O=C(/C=C1\CCCOc2cc(C(F)(F)F)ccc21)Nc1ccc2[nH]ccc2c1. The summed E-state index contributed by atoms with van der Waals surface area (Å²) in [6.07, 6.45) is -0.0338. The summed E-state index contributed by atoms with van der Waals surface area (Å²) in [5.41, 5.74) is 2.01. The van der Waals surface area contributed by atoms with E-state index in [2.05, 4.69) is 10.3 Å². The van der Waals surface area contributed by atoms with Crippen LogP contribution in [0.2, 0.25) is 0 Å². The highest BCUT2D eigenvalue weighted by Gasteiger charge is 2.32. The summed E-state index contributed by atoms with van der Waals surface area (Å²) in [5.74, 6) is -0.183. The normalized spacial score (nSPS) is 15.8. The van der Waals surface area contributed by atoms with Gasteiger partial charge in [0.05, 0.1) is 12.2 Å². The van der Waals surface area contributed by atoms with Gasteiger partial charge in [-0.25, -0.2) is 0 Å². The molecular weight excluding hydrogens is 369 g/mol. The van der Waals surface area contributed by atoms with Gasteiger partial charge in [-0.15, -0.1) is 0 Å². The second kappa shape index (κ2) is 7.07. The van der Waals surface area contributed by atoms with E-state index in [1.165, 1.54) is 12.1 Å². The molecule has 4 nitrogen and oxygen atoms in total. The minimum Gasteiger partial charge on any atom is -0.493 e. The number of carbonyl (C=O) groups is 1. The highest BCUT2D eigenvalue weighted by molar-refractivity contribution is 6.05. The average molecular weight is 386 g/mol. The molecule has 0 unspecified atom stereocenters. The number of halogens is 3. The van der Waals surface area contributed by atoms with E-state index >= 15 is 0 Å². The highest BCUT2D eigenvalue weighted by Crippen LogP contribution is 2.38. The Morgan fingerprint density at radius 1 is 1.14 bits per heavy atom. The standard InChI is InChI=1S/C21H17F3N2O2/c22-21(23,24)15-3-5-17-13(2-1-9-28-19(17)12-15)11-20(27)26-16-4-6-18-14(10-16)7-8-25-18/h3-8,10-12,25H,1-2,9H2,(H,26,27)/b13-11+. The Morgan fingerprint density at radius 2 is 2.00 bits per heavy atom. The molecule has 1 amide bonds. The molecule has 0 atom stereocenters. The third-order valence-electron chi connectivity index (χ3n) is 4.63. The summed E-state index contributed by atoms with van der Waals surface area (Å²) in [5, 5.41) is 3.78. The maximum Gasteiger partial charge on any atom is 0.416 e. The van der Waals surface area contributed by atoms with Crippen molar-refractivity contribution in [2.75, 3.05) is 11.9 Å². The molecule has 2 N–H and O–H groups in total. The fourth-order valence-corrected chi connectivity index (χ4v) is 3.28. The number of amides is 1. The minimum atomic E-state index is -4.44. The number of nitrogens with one attached hydrogen (secondary N) is 2. The molecule has 2 heterocycles. The van der Waals surface area contributed by atoms with Gasteiger partial charge in [0.25, 0.3) is 0 Å². The lowest BCUT2D eigenvalue weighted by Gasteiger charge is -2.13. The van der Waals surface area contributed by atoms with Crippen molar-refractivity contribution < 1.29 is 22.7 Å². The third-order valence-corrected chi connectivity index (χ3v) is 4.63. The van der Waals surface area contributed by atoms with Crippen molar-refractivity contribution >= 4 is 28.1 Å². The molecule has 0 saturated carbocycles. The molecule has 0 fully saturated rings. The summed E-state index contributed by atoms with van der Waals surface area (Å²) < 4.78 is 44.4. The predicted octanol–water partition coefficient (Wildman–Crippen LogP) is 5.38. The van der Waals surface area contributed by atoms with Gasteiger partial charge in [0, 0.05) is 34.4 Å². The number of allylic oxidation sites excluding steroid dienone is 1. The third kappa shape index (κ3) is 3.74. The predicted molar refractivity (Wildman–Crippen MR) is 101 cm³/mol. The first kappa shape index (κ1) is 18.2. The molecule has 1 aliphatic rings. The molecule has 7 heteroatoms. The number of H-pyrrole nitrogens is 1. The monoisotopic (exact) mass is 386 g/mol. The number of rotatable bonds is 2. The van der Waals surface area contributed by atoms with Crippen LogP contribution < -0.4 is 10.1 Å². The highest BCUT2D eigenvalue weighted by atomic mass is 19.4. The van der Waals surface area contributed by atoms with E-state index in [9.17, 15) is 18.0 Å². The summed E-state index contributed by atoms with van der Waals surface area (Å²) in [7, 11) is 0. The van der Waals surface area contributed by atoms with Crippen molar-refractivity contribution in [1.82, 2.24) is 4.98 Å². The molecule has 1 aromatic heterocycles. The summed E-state index contributed by atoms with van der Waals surface area (Å²) in [4.78, 5) is 15.6. The number of benzene rings is 2. The van der Waals surface area contributed by atoms with Gasteiger partial charge >= 0.3 is 6.18 Å². The Morgan fingerprint density at radius 3 is 2.82 bits per heavy atom. The van der Waals surface area contributed by atoms with Gasteiger partial charge in [-0.05, 0) is 54.8 Å². The molecule has 1 aliphatic heterocycles. The first-order valence-electron chi connectivity index (χ1n) is 8.83. The second-order valence-corrected chi connectivity index (χ2v) is 6.60. The van der Waals surface area contributed by atoms with E-state index in [-0.39, 0.29) is 11.7 Å². The van der Waals surface area contributed by atoms with Crippen LogP contribution in [0.1, 0.15) is 24.0 Å². The Hall–Kier alpha value is -3.22. The first-order valence-corrected chi connectivity index (χ1v) is 8.83. The second-order valence-electron chi connectivity index (χ2n) is 6.60. The quantitative estimate of drug-likeness (QED) is 0.581. The van der Waals surface area contributed by atoms with Gasteiger partial charge < -0.3 is 15.0 Å². The van der Waals surface area contributed by atoms with Crippen LogP contribution in [0.25, 0.3) is 16.5 Å². The fraction of sp³-hybridized carbons (Fsp3) is 0.190. The van der Waals surface area contributed by atoms with Crippen LogP contribution in [0, 0.1) is 0 Å². The number of hydrogen-bond donors (Lipinski definition) is 2.